The first kappa shape index (κ1) is 29.0. The molecule has 0 spiro atoms. The van der Waals surface area contributed by atoms with Crippen LogP contribution in [0.15, 0.2) is 24.7 Å². The van der Waals surface area contributed by atoms with E-state index < -0.39 is 0 Å². The summed E-state index contributed by atoms with van der Waals surface area (Å²) in [5.74, 6) is 1.77. The molecule has 0 aliphatic carbocycles. The molecule has 0 aromatic carbocycles. The molecule has 1 fully saturated rings. The van der Waals surface area contributed by atoms with Crippen molar-refractivity contribution in [2.45, 2.75) is 86.2 Å². The maximum Gasteiger partial charge on any atom is 0.238 e. The molecule has 9 nitrogen and oxygen atoms in total. The van der Waals surface area contributed by atoms with Crippen molar-refractivity contribution in [1.29, 1.82) is 0 Å². The van der Waals surface area contributed by atoms with E-state index in [1.165, 1.54) is 11.1 Å². The van der Waals surface area contributed by atoms with Crippen LogP contribution < -0.4 is 4.90 Å². The highest BCUT2D eigenvalue weighted by atomic mass is 16.2. The Morgan fingerprint density at radius 2 is 1.90 bits per heavy atom. The molecule has 220 valence electrons. The molecule has 0 radical (unpaired) electrons. The minimum atomic E-state index is -0.0631. The number of hydrogen-bond acceptors (Lipinski definition) is 6. The van der Waals surface area contributed by atoms with E-state index >= 15 is 0 Å². The molecule has 5 rings (SSSR count). The predicted molar refractivity (Wildman–Crippen MR) is 166 cm³/mol. The van der Waals surface area contributed by atoms with E-state index in [9.17, 15) is 4.79 Å². The van der Waals surface area contributed by atoms with E-state index in [-0.39, 0.29) is 23.4 Å². The molecule has 4 aromatic rings. The number of nitrogens with zero attached hydrogens (tertiary/aromatic N) is 7. The number of anilines is 1. The number of hydrogen-bond donors (Lipinski definition) is 1. The zero-order chi connectivity index (χ0) is 29.8. The van der Waals surface area contributed by atoms with Gasteiger partial charge in [-0.2, -0.15) is 5.10 Å². The summed E-state index contributed by atoms with van der Waals surface area (Å²) in [5.41, 5.74) is 8.52. The van der Waals surface area contributed by atoms with Gasteiger partial charge in [0.2, 0.25) is 5.91 Å². The molecule has 0 saturated carbocycles. The van der Waals surface area contributed by atoms with Gasteiger partial charge >= 0.3 is 0 Å². The first-order chi connectivity index (χ1) is 19.3. The Morgan fingerprint density at radius 1 is 1.17 bits per heavy atom. The van der Waals surface area contributed by atoms with Crippen molar-refractivity contribution in [3.63, 3.8) is 0 Å². The van der Waals surface area contributed by atoms with Gasteiger partial charge in [-0.1, -0.05) is 34.1 Å². The Bertz CT molecular complexity index is 1580. The number of aromatic nitrogens is 5. The third kappa shape index (κ3) is 5.20. The summed E-state index contributed by atoms with van der Waals surface area (Å²) in [6.45, 7) is 21.3. The van der Waals surface area contributed by atoms with Crippen LogP contribution in [0.4, 0.5) is 5.82 Å². The first-order valence-corrected chi connectivity index (χ1v) is 14.9. The van der Waals surface area contributed by atoms with E-state index in [1.807, 2.05) is 16.5 Å². The number of likely N-dealkylation sites (N-methyl/N-ethyl adjacent to an activating group) is 1. The Labute approximate surface area is 243 Å². The molecule has 2 atom stereocenters. The highest BCUT2D eigenvalue weighted by Gasteiger charge is 2.37. The second kappa shape index (κ2) is 10.7. The highest BCUT2D eigenvalue weighted by molar-refractivity contribution is 5.90. The van der Waals surface area contributed by atoms with Crippen molar-refractivity contribution in [2.24, 2.45) is 5.92 Å². The number of rotatable bonds is 7. The van der Waals surface area contributed by atoms with Gasteiger partial charge in [0.1, 0.15) is 12.1 Å². The van der Waals surface area contributed by atoms with Gasteiger partial charge in [-0.15, -0.1) is 0 Å². The number of aromatic amines is 1. The number of carbonyl (C=O) groups is 1. The minimum absolute atomic E-state index is 0.0631. The van der Waals surface area contributed by atoms with Crippen LogP contribution >= 0.6 is 0 Å². The van der Waals surface area contributed by atoms with Crippen LogP contribution in [0.3, 0.4) is 0 Å². The second-order valence-electron chi connectivity index (χ2n) is 13.2. The minimum Gasteiger partial charge on any atom is -0.353 e. The second-order valence-corrected chi connectivity index (χ2v) is 13.2. The smallest absolute Gasteiger partial charge is 0.238 e. The van der Waals surface area contributed by atoms with Crippen molar-refractivity contribution < 1.29 is 4.79 Å². The number of amides is 1. The van der Waals surface area contributed by atoms with Gasteiger partial charge in [-0.05, 0) is 76.8 Å². The summed E-state index contributed by atoms with van der Waals surface area (Å²) in [5, 5.41) is 4.42. The van der Waals surface area contributed by atoms with Crippen LogP contribution in [-0.2, 0) is 4.79 Å². The Balaban J connectivity index is 1.55. The Hall–Kier alpha value is -3.46. The van der Waals surface area contributed by atoms with Gasteiger partial charge in [0.15, 0.2) is 5.65 Å². The number of carbonyl (C=O) groups excluding carboxylic acids is 1. The van der Waals surface area contributed by atoms with Crippen molar-refractivity contribution in [2.75, 3.05) is 31.7 Å². The van der Waals surface area contributed by atoms with E-state index in [2.05, 4.69) is 106 Å². The highest BCUT2D eigenvalue weighted by Crippen LogP contribution is 2.38. The van der Waals surface area contributed by atoms with Crippen LogP contribution in [0.5, 0.6) is 0 Å². The van der Waals surface area contributed by atoms with E-state index in [4.69, 9.17) is 4.98 Å². The van der Waals surface area contributed by atoms with Crippen LogP contribution in [-0.4, -0.2) is 78.7 Å². The molecule has 1 N–H and O–H groups in total. The molecule has 1 aliphatic rings. The fourth-order valence-electron chi connectivity index (χ4n) is 5.86. The average Bonchev–Trinajstić information content (AvgIpc) is 3.65. The first-order valence-electron chi connectivity index (χ1n) is 14.9. The lowest BCUT2D eigenvalue weighted by Crippen LogP contribution is -2.46. The van der Waals surface area contributed by atoms with Crippen LogP contribution in [0.1, 0.15) is 77.5 Å². The van der Waals surface area contributed by atoms with Crippen LogP contribution in [0.2, 0.25) is 0 Å². The number of pyridine rings is 2. The van der Waals surface area contributed by atoms with E-state index in [0.29, 0.717) is 19.1 Å². The number of H-pyrrole nitrogens is 1. The number of fused-ring (bicyclic) bond motifs is 2. The lowest BCUT2D eigenvalue weighted by Gasteiger charge is -2.32. The monoisotopic (exact) mass is 558 g/mol. The standard InChI is InChI=1S/C32H46N8O/c1-11-20(4)25-15-38(27(41)16-37(10)32(7,8)9)18-39(25)26-13-12-24-30(36-26)28(19(2)3)29(35-24)23-14-40-31(33-17-34-40)22(6)21(23)5/h12-14,17,19-20,25,35H,11,15-16,18H2,1-10H3/t20-,25?/m0/s1. The van der Waals surface area contributed by atoms with Crippen molar-refractivity contribution in [3.05, 3.63) is 41.3 Å². The van der Waals surface area contributed by atoms with E-state index in [0.717, 1.165) is 52.3 Å². The van der Waals surface area contributed by atoms with Gasteiger partial charge in [0.25, 0.3) is 0 Å². The summed E-state index contributed by atoms with van der Waals surface area (Å²) in [6.07, 6.45) is 4.72. The molecule has 41 heavy (non-hydrogen) atoms. The molecule has 0 bridgehead atoms. The summed E-state index contributed by atoms with van der Waals surface area (Å²) in [4.78, 5) is 33.3. The molecular formula is C32H46N8O. The zero-order valence-electron chi connectivity index (χ0n) is 26.4. The Kier molecular flexibility index (Phi) is 7.61. The fourth-order valence-corrected chi connectivity index (χ4v) is 5.86. The largest absolute Gasteiger partial charge is 0.353 e. The summed E-state index contributed by atoms with van der Waals surface area (Å²) in [7, 11) is 2.02. The topological polar surface area (TPSA) is 85.7 Å². The maximum atomic E-state index is 13.4. The van der Waals surface area contributed by atoms with Gasteiger partial charge < -0.3 is 14.8 Å². The van der Waals surface area contributed by atoms with Crippen molar-refractivity contribution >= 4 is 28.4 Å². The molecule has 9 heteroatoms. The Morgan fingerprint density at radius 3 is 2.56 bits per heavy atom. The molecule has 1 aliphatic heterocycles. The van der Waals surface area contributed by atoms with Gasteiger partial charge in [-0.3, -0.25) is 9.69 Å². The molecule has 1 saturated heterocycles. The van der Waals surface area contributed by atoms with Gasteiger partial charge in [0.05, 0.1) is 36.0 Å². The number of aryl methyl sites for hydroxylation is 1. The molecule has 4 aromatic heterocycles. The predicted octanol–water partition coefficient (Wildman–Crippen LogP) is 5.76. The third-order valence-electron chi connectivity index (χ3n) is 9.23. The molecular weight excluding hydrogens is 512 g/mol. The zero-order valence-corrected chi connectivity index (χ0v) is 26.4. The summed E-state index contributed by atoms with van der Waals surface area (Å²) in [6, 6.07) is 4.47. The van der Waals surface area contributed by atoms with Gasteiger partial charge in [-0.25, -0.2) is 14.5 Å². The van der Waals surface area contributed by atoms with Gasteiger partial charge in [0, 0.05) is 29.4 Å². The van der Waals surface area contributed by atoms with Crippen LogP contribution in [0, 0.1) is 19.8 Å². The normalized spacial score (nSPS) is 17.1. The summed E-state index contributed by atoms with van der Waals surface area (Å²) < 4.78 is 1.86. The lowest BCUT2D eigenvalue weighted by atomic mass is 9.95. The molecule has 1 amide bonds. The third-order valence-corrected chi connectivity index (χ3v) is 9.23. The number of nitrogens with one attached hydrogen (secondary N) is 1. The fraction of sp³-hybridized carbons (Fsp3) is 0.562. The average molecular weight is 559 g/mol. The van der Waals surface area contributed by atoms with Crippen LogP contribution in [0.25, 0.3) is 27.9 Å². The molecule has 1 unspecified atom stereocenters. The SMILES string of the molecule is CC[C@H](C)C1CN(C(=O)CN(C)C(C)(C)C)CN1c1ccc2[nH]c(-c3cn4ncnc4c(C)c3C)c(C(C)C)c2n1. The molecule has 5 heterocycles. The van der Waals surface area contributed by atoms with E-state index in [1.54, 1.807) is 6.33 Å². The maximum absolute atomic E-state index is 13.4. The van der Waals surface area contributed by atoms with Crippen molar-refractivity contribution in [1.82, 2.24) is 34.4 Å². The summed E-state index contributed by atoms with van der Waals surface area (Å²) >= 11 is 0. The van der Waals surface area contributed by atoms with Crippen molar-refractivity contribution in [3.8, 4) is 11.3 Å². The quantitative estimate of drug-likeness (QED) is 0.310. The lowest BCUT2D eigenvalue weighted by molar-refractivity contribution is -0.132.